The number of carbonyl (C=O) groups is 2. The van der Waals surface area contributed by atoms with Crippen molar-refractivity contribution in [2.75, 3.05) is 6.54 Å². The topological polar surface area (TPSA) is 87.7 Å². The van der Waals surface area contributed by atoms with E-state index in [1.165, 1.54) is 5.39 Å². The zero-order valence-electron chi connectivity index (χ0n) is 20.9. The first kappa shape index (κ1) is 25.3. The summed E-state index contributed by atoms with van der Waals surface area (Å²) in [6, 6.07) is 18.5. The number of fused-ring (bicyclic) bond motifs is 1. The summed E-state index contributed by atoms with van der Waals surface area (Å²) < 4.78 is 0. The lowest BCUT2D eigenvalue weighted by Gasteiger charge is -2.15. The molecule has 2 aromatic carbocycles. The number of ketones is 1. The highest BCUT2D eigenvalue weighted by Gasteiger charge is 2.23. The average molecular weight is 483 g/mol. The van der Waals surface area contributed by atoms with Gasteiger partial charge in [-0.3, -0.25) is 14.6 Å². The van der Waals surface area contributed by atoms with E-state index < -0.39 is 0 Å². The van der Waals surface area contributed by atoms with Gasteiger partial charge in [-0.25, -0.2) is 4.98 Å². The lowest BCUT2D eigenvalue weighted by molar-refractivity contribution is -0.123. The van der Waals surface area contributed by atoms with Crippen LogP contribution in [0, 0.1) is 0 Å². The number of aromatic amines is 1. The largest absolute Gasteiger partial charge is 0.355 e. The third-order valence-electron chi connectivity index (χ3n) is 6.61. The smallest absolute Gasteiger partial charge is 0.230 e. The highest BCUT2D eigenvalue weighted by Crippen LogP contribution is 2.27. The van der Waals surface area contributed by atoms with Crippen LogP contribution < -0.4 is 5.32 Å². The second-order valence-corrected chi connectivity index (χ2v) is 9.18. The Morgan fingerprint density at radius 3 is 2.58 bits per heavy atom. The molecule has 6 nitrogen and oxygen atoms in total. The number of unbranched alkanes of at least 4 members (excludes halogenated alkanes) is 2. The van der Waals surface area contributed by atoms with Gasteiger partial charge in [0.2, 0.25) is 5.91 Å². The summed E-state index contributed by atoms with van der Waals surface area (Å²) in [5.74, 6) is 0.599. The molecule has 186 valence electrons. The van der Waals surface area contributed by atoms with Crippen LogP contribution in [0.1, 0.15) is 62.8 Å². The number of Topliss-reactive ketones (excluding diaryl/α,β-unsaturated/α-hetero) is 1. The van der Waals surface area contributed by atoms with Gasteiger partial charge in [0.05, 0.1) is 17.8 Å². The van der Waals surface area contributed by atoms with Crippen LogP contribution in [0.2, 0.25) is 0 Å². The molecular weight excluding hydrogens is 448 g/mol. The number of imidazole rings is 1. The van der Waals surface area contributed by atoms with Crippen molar-refractivity contribution in [1.29, 1.82) is 0 Å². The van der Waals surface area contributed by atoms with E-state index in [4.69, 9.17) is 0 Å². The molecule has 0 spiro atoms. The maximum Gasteiger partial charge on any atom is 0.230 e. The minimum atomic E-state index is -0.362. The quantitative estimate of drug-likeness (QED) is 0.229. The van der Waals surface area contributed by atoms with Crippen LogP contribution in [0.4, 0.5) is 0 Å². The van der Waals surface area contributed by atoms with Gasteiger partial charge in [0.1, 0.15) is 11.6 Å². The van der Waals surface area contributed by atoms with Crippen molar-refractivity contribution in [2.45, 2.75) is 57.8 Å². The molecule has 2 heterocycles. The molecule has 0 radical (unpaired) electrons. The van der Waals surface area contributed by atoms with Gasteiger partial charge in [0.15, 0.2) is 0 Å². The van der Waals surface area contributed by atoms with Crippen LogP contribution in [0.5, 0.6) is 0 Å². The van der Waals surface area contributed by atoms with Crippen LogP contribution in [0.25, 0.3) is 22.0 Å². The summed E-state index contributed by atoms with van der Waals surface area (Å²) in [5.41, 5.74) is 3.08. The zero-order chi connectivity index (χ0) is 25.2. The normalized spacial score (nSPS) is 11.9. The predicted octanol–water partition coefficient (Wildman–Crippen LogP) is 6.00. The van der Waals surface area contributed by atoms with Gasteiger partial charge < -0.3 is 10.3 Å². The Kier molecular flexibility index (Phi) is 8.98. The Morgan fingerprint density at radius 1 is 0.972 bits per heavy atom. The van der Waals surface area contributed by atoms with E-state index in [1.807, 2.05) is 37.4 Å². The zero-order valence-corrected chi connectivity index (χ0v) is 20.9. The lowest BCUT2D eigenvalue weighted by Crippen LogP contribution is -2.31. The maximum absolute atomic E-state index is 13.2. The number of aromatic nitrogens is 3. The van der Waals surface area contributed by atoms with Crippen molar-refractivity contribution in [1.82, 2.24) is 20.3 Å². The third-order valence-corrected chi connectivity index (χ3v) is 6.61. The molecule has 1 amide bonds. The minimum Gasteiger partial charge on any atom is -0.355 e. The van der Waals surface area contributed by atoms with Crippen LogP contribution in [0.3, 0.4) is 0 Å². The molecule has 2 N–H and O–H groups in total. The Balaban J connectivity index is 1.44. The van der Waals surface area contributed by atoms with Crippen molar-refractivity contribution in [2.24, 2.45) is 0 Å². The third kappa shape index (κ3) is 6.87. The Bertz CT molecular complexity index is 1280. The van der Waals surface area contributed by atoms with Crippen LogP contribution in [-0.4, -0.2) is 33.2 Å². The van der Waals surface area contributed by atoms with E-state index in [-0.39, 0.29) is 11.8 Å². The molecule has 1 atom stereocenters. The van der Waals surface area contributed by atoms with Crippen LogP contribution >= 0.6 is 0 Å². The highest BCUT2D eigenvalue weighted by atomic mass is 16.2. The average Bonchev–Trinajstić information content (AvgIpc) is 3.40. The van der Waals surface area contributed by atoms with Gasteiger partial charge in [-0.2, -0.15) is 0 Å². The van der Waals surface area contributed by atoms with Gasteiger partial charge in [-0.1, -0.05) is 56.2 Å². The summed E-state index contributed by atoms with van der Waals surface area (Å²) >= 11 is 0. The molecule has 36 heavy (non-hydrogen) atoms. The van der Waals surface area contributed by atoms with E-state index in [1.54, 1.807) is 12.4 Å². The van der Waals surface area contributed by atoms with Crippen molar-refractivity contribution in [3.05, 3.63) is 84.6 Å². The molecule has 1 unspecified atom stereocenters. The molecule has 0 saturated heterocycles. The first-order chi connectivity index (χ1) is 17.6. The molecule has 0 aliphatic heterocycles. The van der Waals surface area contributed by atoms with Gasteiger partial charge in [-0.15, -0.1) is 0 Å². The monoisotopic (exact) mass is 482 g/mol. The number of rotatable bonds is 13. The van der Waals surface area contributed by atoms with Crippen molar-refractivity contribution in [3.63, 3.8) is 0 Å². The number of H-pyrrole nitrogens is 1. The molecule has 6 heteroatoms. The minimum absolute atomic E-state index is 0.0203. The highest BCUT2D eigenvalue weighted by molar-refractivity contribution is 5.87. The SMILES string of the molecule is CCC(=O)CCCCCC(C(=O)NCCc1ccncc1)c1ncc(-c2ccc3ccccc3c2)[nH]1. The summed E-state index contributed by atoms with van der Waals surface area (Å²) in [4.78, 5) is 36.9. The fraction of sp³-hybridized carbons (Fsp3) is 0.333. The number of carbonyl (C=O) groups excluding carboxylic acids is 2. The van der Waals surface area contributed by atoms with E-state index in [2.05, 4.69) is 50.6 Å². The van der Waals surface area contributed by atoms with Crippen molar-refractivity contribution >= 4 is 22.5 Å². The number of hydrogen-bond donors (Lipinski definition) is 2. The van der Waals surface area contributed by atoms with E-state index in [9.17, 15) is 9.59 Å². The summed E-state index contributed by atoms with van der Waals surface area (Å²) in [5, 5.41) is 5.45. The summed E-state index contributed by atoms with van der Waals surface area (Å²) in [6.45, 7) is 2.46. The van der Waals surface area contributed by atoms with Gasteiger partial charge >= 0.3 is 0 Å². The molecule has 2 aromatic heterocycles. The van der Waals surface area contributed by atoms with Gasteiger partial charge in [0, 0.05) is 37.3 Å². The molecule has 4 aromatic rings. The first-order valence-electron chi connectivity index (χ1n) is 12.9. The number of pyridine rings is 1. The second kappa shape index (κ2) is 12.8. The molecule has 0 bridgehead atoms. The standard InChI is InChI=1S/C30H34N4O2/c1-2-26(35)10-4-3-5-11-27(30(36)32-19-16-22-14-17-31-18-15-22)29-33-21-28(34-29)25-13-12-23-8-6-7-9-24(23)20-25/h6-9,12-15,17-18,20-21,27H,2-5,10-11,16,19H2,1H3,(H,32,36)(H,33,34). The number of benzene rings is 2. The van der Waals surface area contributed by atoms with E-state index >= 15 is 0 Å². The Hall–Kier alpha value is -3.80. The maximum atomic E-state index is 13.2. The van der Waals surface area contributed by atoms with E-state index in [0.29, 0.717) is 37.4 Å². The molecule has 0 fully saturated rings. The Labute approximate surface area is 212 Å². The van der Waals surface area contributed by atoms with E-state index in [0.717, 1.165) is 47.9 Å². The number of nitrogens with one attached hydrogen (secondary N) is 2. The number of amides is 1. The summed E-state index contributed by atoms with van der Waals surface area (Å²) in [6.07, 6.45) is 10.6. The van der Waals surface area contributed by atoms with Crippen LogP contribution in [0.15, 0.2) is 73.2 Å². The lowest BCUT2D eigenvalue weighted by atomic mass is 9.98. The van der Waals surface area contributed by atoms with Gasteiger partial charge in [-0.05, 0) is 53.8 Å². The summed E-state index contributed by atoms with van der Waals surface area (Å²) in [7, 11) is 0. The number of hydrogen-bond acceptors (Lipinski definition) is 4. The number of nitrogens with zero attached hydrogens (tertiary/aromatic N) is 2. The Morgan fingerprint density at radius 2 is 1.78 bits per heavy atom. The molecule has 0 aliphatic carbocycles. The molecule has 0 aliphatic rings. The van der Waals surface area contributed by atoms with Crippen molar-refractivity contribution < 1.29 is 9.59 Å². The second-order valence-electron chi connectivity index (χ2n) is 9.18. The van der Waals surface area contributed by atoms with Crippen LogP contribution in [-0.2, 0) is 16.0 Å². The van der Waals surface area contributed by atoms with Crippen molar-refractivity contribution in [3.8, 4) is 11.3 Å². The molecule has 4 rings (SSSR count). The molecular formula is C30H34N4O2. The fourth-order valence-electron chi connectivity index (χ4n) is 4.44. The fourth-order valence-corrected chi connectivity index (χ4v) is 4.44. The predicted molar refractivity (Wildman–Crippen MR) is 144 cm³/mol. The first-order valence-corrected chi connectivity index (χ1v) is 12.9. The van der Waals surface area contributed by atoms with Gasteiger partial charge in [0.25, 0.3) is 0 Å². The molecule has 0 saturated carbocycles.